The van der Waals surface area contributed by atoms with E-state index in [2.05, 4.69) is 14.6 Å². The van der Waals surface area contributed by atoms with Crippen LogP contribution in [0.2, 0.25) is 0 Å². The zero-order valence-electron chi connectivity index (χ0n) is 10.4. The summed E-state index contributed by atoms with van der Waals surface area (Å²) in [5.74, 6) is 0.376. The predicted molar refractivity (Wildman–Crippen MR) is 67.5 cm³/mol. The molecule has 1 aromatic heterocycles. The highest BCUT2D eigenvalue weighted by atomic mass is 32.2. The minimum absolute atomic E-state index is 0.179. The second kappa shape index (κ2) is 5.40. The number of aliphatic hydroxyl groups excluding tert-OH is 1. The molecular weight excluding hydrogens is 254 g/mol. The van der Waals surface area contributed by atoms with Crippen molar-refractivity contribution >= 4 is 10.0 Å². The van der Waals surface area contributed by atoms with E-state index < -0.39 is 10.0 Å². The second-order valence-electron chi connectivity index (χ2n) is 4.79. The molecule has 1 aliphatic heterocycles. The molecule has 0 aliphatic carbocycles. The Morgan fingerprint density at radius 2 is 2.39 bits per heavy atom. The summed E-state index contributed by atoms with van der Waals surface area (Å²) in [6.07, 6.45) is 2.42. The van der Waals surface area contributed by atoms with E-state index in [1.54, 1.807) is 0 Å². The summed E-state index contributed by atoms with van der Waals surface area (Å²) in [6, 6.07) is 1.45. The number of hydrogen-bond donors (Lipinski definition) is 3. The molecule has 102 valence electrons. The van der Waals surface area contributed by atoms with Gasteiger partial charge in [-0.25, -0.2) is 13.1 Å². The molecule has 6 nitrogen and oxygen atoms in total. The Balaban J connectivity index is 1.95. The van der Waals surface area contributed by atoms with Gasteiger partial charge in [0.1, 0.15) is 0 Å². The number of nitrogens with zero attached hydrogens (tertiary/aromatic N) is 1. The molecule has 1 aliphatic rings. The molecule has 0 bridgehead atoms. The molecule has 0 saturated carbocycles. The minimum atomic E-state index is -3.47. The molecule has 7 heteroatoms. The van der Waals surface area contributed by atoms with Crippen molar-refractivity contribution in [1.29, 1.82) is 0 Å². The quantitative estimate of drug-likeness (QED) is 0.690. The summed E-state index contributed by atoms with van der Waals surface area (Å²) in [5.41, 5.74) is 0.496. The largest absolute Gasteiger partial charge is 0.390 e. The van der Waals surface area contributed by atoms with Crippen molar-refractivity contribution in [3.8, 4) is 0 Å². The zero-order chi connectivity index (χ0) is 13.2. The van der Waals surface area contributed by atoms with E-state index in [0.717, 1.165) is 19.5 Å². The van der Waals surface area contributed by atoms with Crippen LogP contribution in [0.15, 0.2) is 17.2 Å². The number of rotatable bonds is 5. The number of sulfonamides is 1. The van der Waals surface area contributed by atoms with Gasteiger partial charge in [-0.15, -0.1) is 0 Å². The third kappa shape index (κ3) is 3.11. The van der Waals surface area contributed by atoms with E-state index >= 15 is 0 Å². The lowest BCUT2D eigenvalue weighted by Gasteiger charge is -2.11. The van der Waals surface area contributed by atoms with Gasteiger partial charge in [0.2, 0.25) is 10.0 Å². The molecule has 0 radical (unpaired) electrons. The highest BCUT2D eigenvalue weighted by molar-refractivity contribution is 7.89. The highest BCUT2D eigenvalue weighted by Crippen LogP contribution is 2.15. The monoisotopic (exact) mass is 273 g/mol. The average Bonchev–Trinajstić information content (AvgIpc) is 2.95. The Morgan fingerprint density at radius 3 is 2.94 bits per heavy atom. The Kier molecular flexibility index (Phi) is 4.06. The van der Waals surface area contributed by atoms with Crippen LogP contribution in [0.1, 0.15) is 12.1 Å². The van der Waals surface area contributed by atoms with Gasteiger partial charge in [0.25, 0.3) is 0 Å². The van der Waals surface area contributed by atoms with Crippen molar-refractivity contribution in [1.82, 2.24) is 14.6 Å². The van der Waals surface area contributed by atoms with E-state index in [1.165, 1.54) is 12.3 Å². The number of hydrogen-bond acceptors (Lipinski definition) is 4. The molecule has 1 atom stereocenters. The summed E-state index contributed by atoms with van der Waals surface area (Å²) < 4.78 is 26.6. The summed E-state index contributed by atoms with van der Waals surface area (Å²) in [6.45, 7) is 2.22. The van der Waals surface area contributed by atoms with Gasteiger partial charge in [0, 0.05) is 25.0 Å². The lowest BCUT2D eigenvalue weighted by atomic mass is 10.1. The average molecular weight is 273 g/mol. The lowest BCUT2D eigenvalue weighted by molar-refractivity contribution is 0.277. The molecule has 2 rings (SSSR count). The number of aromatic nitrogens is 1. The molecule has 2 heterocycles. The second-order valence-corrected chi connectivity index (χ2v) is 6.55. The molecule has 1 saturated heterocycles. The van der Waals surface area contributed by atoms with Crippen LogP contribution in [-0.4, -0.2) is 50.1 Å². The maximum Gasteiger partial charge on any atom is 0.242 e. The van der Waals surface area contributed by atoms with Gasteiger partial charge >= 0.3 is 0 Å². The fraction of sp³-hybridized carbons (Fsp3) is 0.636. The number of aromatic amines is 1. The first-order chi connectivity index (χ1) is 8.51. The van der Waals surface area contributed by atoms with Crippen LogP contribution in [0.25, 0.3) is 0 Å². The van der Waals surface area contributed by atoms with Crippen LogP contribution in [0.3, 0.4) is 0 Å². The molecule has 1 unspecified atom stereocenters. The Hall–Kier alpha value is -0.890. The van der Waals surface area contributed by atoms with Crippen molar-refractivity contribution < 1.29 is 13.5 Å². The van der Waals surface area contributed by atoms with Crippen LogP contribution in [-0.2, 0) is 16.6 Å². The van der Waals surface area contributed by atoms with Crippen molar-refractivity contribution in [2.45, 2.75) is 17.9 Å². The van der Waals surface area contributed by atoms with Crippen molar-refractivity contribution in [2.24, 2.45) is 5.92 Å². The molecule has 18 heavy (non-hydrogen) atoms. The number of likely N-dealkylation sites (tertiary alicyclic amines) is 1. The molecular formula is C11H19N3O3S. The summed E-state index contributed by atoms with van der Waals surface area (Å²) >= 11 is 0. The third-order valence-corrected chi connectivity index (χ3v) is 4.65. The first-order valence-electron chi connectivity index (χ1n) is 5.97. The Bertz CT molecular complexity index is 497. The minimum Gasteiger partial charge on any atom is -0.390 e. The lowest BCUT2D eigenvalue weighted by Crippen LogP contribution is -2.30. The summed E-state index contributed by atoms with van der Waals surface area (Å²) in [4.78, 5) is 5.09. The van der Waals surface area contributed by atoms with Crippen molar-refractivity contribution in [3.05, 3.63) is 18.0 Å². The summed E-state index contributed by atoms with van der Waals surface area (Å²) in [7, 11) is -1.43. The van der Waals surface area contributed by atoms with E-state index in [1.807, 2.05) is 7.05 Å². The number of aliphatic hydroxyl groups is 1. The fourth-order valence-corrected chi connectivity index (χ4v) is 3.30. The number of nitrogens with one attached hydrogen (secondary N) is 2. The molecule has 0 aromatic carbocycles. The van der Waals surface area contributed by atoms with E-state index in [0.29, 0.717) is 18.2 Å². The van der Waals surface area contributed by atoms with Crippen LogP contribution < -0.4 is 4.72 Å². The van der Waals surface area contributed by atoms with Crippen LogP contribution >= 0.6 is 0 Å². The van der Waals surface area contributed by atoms with Crippen LogP contribution in [0.5, 0.6) is 0 Å². The summed E-state index contributed by atoms with van der Waals surface area (Å²) in [5, 5.41) is 8.90. The molecule has 0 spiro atoms. The van der Waals surface area contributed by atoms with E-state index in [9.17, 15) is 8.42 Å². The molecule has 3 N–H and O–H groups in total. The molecule has 1 aromatic rings. The third-order valence-electron chi connectivity index (χ3n) is 3.25. The van der Waals surface area contributed by atoms with Gasteiger partial charge in [0.05, 0.1) is 11.5 Å². The maximum absolute atomic E-state index is 12.0. The van der Waals surface area contributed by atoms with Gasteiger partial charge in [-0.1, -0.05) is 0 Å². The topological polar surface area (TPSA) is 85.4 Å². The number of H-pyrrole nitrogens is 1. The van der Waals surface area contributed by atoms with Crippen molar-refractivity contribution in [2.75, 3.05) is 26.7 Å². The first kappa shape index (κ1) is 13.5. The van der Waals surface area contributed by atoms with Gasteiger partial charge in [0.15, 0.2) is 0 Å². The van der Waals surface area contributed by atoms with Crippen LogP contribution in [0, 0.1) is 5.92 Å². The highest BCUT2D eigenvalue weighted by Gasteiger charge is 2.22. The first-order valence-corrected chi connectivity index (χ1v) is 7.46. The van der Waals surface area contributed by atoms with Gasteiger partial charge in [-0.05, 0) is 32.0 Å². The maximum atomic E-state index is 12.0. The Labute approximate surface area is 107 Å². The normalized spacial score (nSPS) is 21.6. The molecule has 1 fully saturated rings. The molecule has 0 amide bonds. The van der Waals surface area contributed by atoms with Crippen LogP contribution in [0.4, 0.5) is 0 Å². The smallest absolute Gasteiger partial charge is 0.242 e. The predicted octanol–water partition coefficient (Wildman–Crippen LogP) is -0.263. The van der Waals surface area contributed by atoms with Gasteiger partial charge < -0.3 is 15.0 Å². The Morgan fingerprint density at radius 1 is 1.61 bits per heavy atom. The SMILES string of the molecule is CN1CCC(CNS(=O)(=O)c2c[nH]c(CO)c2)C1. The fourth-order valence-electron chi connectivity index (χ4n) is 2.17. The van der Waals surface area contributed by atoms with E-state index in [4.69, 9.17) is 5.11 Å². The standard InChI is InChI=1S/C11H19N3O3S/c1-14-3-2-9(7-14)5-13-18(16,17)11-4-10(8-15)12-6-11/h4,6,9,12-13,15H,2-3,5,7-8H2,1H3. The van der Waals surface area contributed by atoms with E-state index in [-0.39, 0.29) is 11.5 Å². The van der Waals surface area contributed by atoms with Crippen molar-refractivity contribution in [3.63, 3.8) is 0 Å². The van der Waals surface area contributed by atoms with Gasteiger partial charge in [-0.2, -0.15) is 0 Å². The van der Waals surface area contributed by atoms with Gasteiger partial charge in [-0.3, -0.25) is 0 Å². The zero-order valence-corrected chi connectivity index (χ0v) is 11.2.